The summed E-state index contributed by atoms with van der Waals surface area (Å²) in [5, 5.41) is 2.71. The van der Waals surface area contributed by atoms with Gasteiger partial charge in [0.1, 0.15) is 5.75 Å². The number of thioether (sulfide) groups is 1. The normalized spacial score (nSPS) is 17.6. The van der Waals surface area contributed by atoms with E-state index in [-0.39, 0.29) is 0 Å². The molecule has 0 aromatic rings. The van der Waals surface area contributed by atoms with Gasteiger partial charge in [-0.25, -0.2) is 0 Å². The van der Waals surface area contributed by atoms with Crippen LogP contribution in [0.2, 0.25) is 0 Å². The predicted molar refractivity (Wildman–Crippen MR) is 24.0 cm³/mol. The zero-order valence-electron chi connectivity index (χ0n) is 2.64. The molecule has 0 N–H and O–H groups in total. The molecule has 1 nitrogen and oxygen atoms in total. The highest BCUT2D eigenvalue weighted by atomic mass is 32.2. The zero-order valence-corrected chi connectivity index (χ0v) is 3.46. The van der Waals surface area contributed by atoms with E-state index in [2.05, 4.69) is 10.2 Å². The minimum atomic E-state index is 1.01. The smallest absolute Gasteiger partial charge is 0.0577 e. The highest BCUT2D eigenvalue weighted by molar-refractivity contribution is 8.04. The summed E-state index contributed by atoms with van der Waals surface area (Å²) in [4.78, 5) is 3.67. The Morgan fingerprint density at radius 2 is 3.00 bits per heavy atom. The lowest BCUT2D eigenvalue weighted by Crippen LogP contribution is -1.58. The van der Waals surface area contributed by atoms with E-state index in [1.807, 2.05) is 6.54 Å². The Bertz CT molecular complexity index is 70.6. The minimum Gasteiger partial charge on any atom is -0.0577 e. The quantitative estimate of drug-likeness (QED) is 0.400. The third-order valence-electron chi connectivity index (χ3n) is 0.366. The molecule has 0 fully saturated rings. The molecule has 0 unspecified atom stereocenters. The molecule has 0 aliphatic carbocycles. The van der Waals surface area contributed by atoms with Gasteiger partial charge in [0.2, 0.25) is 0 Å². The number of nitrogens with zero attached hydrogens (tertiary/aromatic N) is 1. The van der Waals surface area contributed by atoms with Crippen LogP contribution < -0.4 is 0 Å². The van der Waals surface area contributed by atoms with E-state index in [1.165, 1.54) is 0 Å². The summed E-state index contributed by atoms with van der Waals surface area (Å²) in [5.74, 6) is 1.01. The second-order valence-electron chi connectivity index (χ2n) is 0.714. The number of rotatable bonds is 0. The van der Waals surface area contributed by atoms with Crippen molar-refractivity contribution >= 4 is 11.8 Å². The summed E-state index contributed by atoms with van der Waals surface area (Å²) in [6.07, 6.45) is 0. The predicted octanol–water partition coefficient (Wildman–Crippen LogP) is 1.19. The van der Waals surface area contributed by atoms with Crippen LogP contribution in [0.15, 0.2) is 0 Å². The Kier molecular flexibility index (Phi) is 0.806. The van der Waals surface area contributed by atoms with Crippen molar-refractivity contribution < 1.29 is 0 Å². The maximum absolute atomic E-state index is 3.67. The lowest BCUT2D eigenvalue weighted by molar-refractivity contribution is 1.62. The maximum Gasteiger partial charge on any atom is 0.361 e. The van der Waals surface area contributed by atoms with Crippen molar-refractivity contribution in [3.8, 4) is 5.40 Å². The van der Waals surface area contributed by atoms with Crippen LogP contribution in [0, 0.1) is 11.9 Å². The Labute approximate surface area is 35.2 Å². The largest absolute Gasteiger partial charge is 0.361 e. The highest BCUT2D eigenvalue weighted by Gasteiger charge is 2.02. The molecule has 0 aromatic carbocycles. The van der Waals surface area contributed by atoms with E-state index in [9.17, 15) is 0 Å². The molecule has 0 saturated heterocycles. The first kappa shape index (κ1) is 3.05. The van der Waals surface area contributed by atoms with Gasteiger partial charge in [-0.2, -0.15) is 0 Å². The highest BCUT2D eigenvalue weighted by Crippen LogP contribution is 2.05. The van der Waals surface area contributed by atoms with E-state index >= 15 is 0 Å². The third kappa shape index (κ3) is 0.555. The van der Waals surface area contributed by atoms with Crippen molar-refractivity contribution in [2.24, 2.45) is 0 Å². The Balaban J connectivity index is 2.42. The van der Waals surface area contributed by atoms with E-state index in [1.54, 1.807) is 11.8 Å². The van der Waals surface area contributed by atoms with E-state index in [0.717, 1.165) is 5.75 Å². The van der Waals surface area contributed by atoms with E-state index < -0.39 is 0 Å². The van der Waals surface area contributed by atoms with Crippen molar-refractivity contribution in [3.05, 3.63) is 11.4 Å². The van der Waals surface area contributed by atoms with Crippen LogP contribution in [0.4, 0.5) is 0 Å². The van der Waals surface area contributed by atoms with E-state index in [4.69, 9.17) is 0 Å². The molecule has 0 atom stereocenters. The SMILES string of the molecule is C1#[N+][CH]CS1. The van der Waals surface area contributed by atoms with Crippen LogP contribution in [0.5, 0.6) is 0 Å². The van der Waals surface area contributed by atoms with Crippen LogP contribution in [0.1, 0.15) is 0 Å². The van der Waals surface area contributed by atoms with Gasteiger partial charge in [0.25, 0.3) is 0 Å². The molecule has 1 aliphatic heterocycles. The molecule has 5 heavy (non-hydrogen) atoms. The van der Waals surface area contributed by atoms with Gasteiger partial charge in [0.15, 0.2) is 0 Å². The Hall–Kier alpha value is -0.160. The lowest BCUT2D eigenvalue weighted by atomic mass is 10.8. The Morgan fingerprint density at radius 3 is 3.20 bits per heavy atom. The summed E-state index contributed by atoms with van der Waals surface area (Å²) in [5.41, 5.74) is 0. The molecule has 2 heteroatoms. The fraction of sp³-hybridized carbons (Fsp3) is 0.333. The summed E-state index contributed by atoms with van der Waals surface area (Å²) >= 11 is 1.60. The standard InChI is InChI=1S/C3H3NS/c1-2-5-3-4-1/h1H,2H2/q+1. The maximum atomic E-state index is 3.67. The molecule has 1 aliphatic rings. The number of hydrogen-bond donors (Lipinski definition) is 0. The van der Waals surface area contributed by atoms with Crippen LogP contribution in [0.3, 0.4) is 0 Å². The lowest BCUT2D eigenvalue weighted by Gasteiger charge is -1.51. The molecule has 0 spiro atoms. The van der Waals surface area contributed by atoms with E-state index in [0.29, 0.717) is 0 Å². The first-order chi connectivity index (χ1) is 2.50. The molecule has 0 bridgehead atoms. The van der Waals surface area contributed by atoms with Crippen LogP contribution >= 0.6 is 11.8 Å². The topological polar surface area (TPSA) is 4.36 Å². The van der Waals surface area contributed by atoms with Gasteiger partial charge >= 0.3 is 11.9 Å². The monoisotopic (exact) mass is 85.0 g/mol. The summed E-state index contributed by atoms with van der Waals surface area (Å²) < 4.78 is 0. The molecule has 0 saturated carbocycles. The summed E-state index contributed by atoms with van der Waals surface area (Å²) in [6.45, 7) is 1.84. The van der Waals surface area contributed by atoms with Crippen molar-refractivity contribution in [2.75, 3.05) is 5.75 Å². The number of thiocyanates is 1. The fourth-order valence-electron chi connectivity index (χ4n) is 0.186. The van der Waals surface area contributed by atoms with Gasteiger partial charge < -0.3 is 0 Å². The first-order valence-electron chi connectivity index (χ1n) is 1.38. The zero-order chi connectivity index (χ0) is 3.54. The molecule has 1 heterocycles. The van der Waals surface area contributed by atoms with Crippen molar-refractivity contribution in [2.45, 2.75) is 0 Å². The molecule has 0 amide bonds. The first-order valence-corrected chi connectivity index (χ1v) is 2.37. The van der Waals surface area contributed by atoms with Gasteiger partial charge in [-0.05, 0) is 0 Å². The fourth-order valence-corrected chi connectivity index (χ4v) is 0.559. The molecule has 25 valence electrons. The molecule has 0 aromatic heterocycles. The Morgan fingerprint density at radius 1 is 2.00 bits per heavy atom. The third-order valence-corrected chi connectivity index (χ3v) is 0.917. The van der Waals surface area contributed by atoms with Crippen LogP contribution in [-0.2, 0) is 0 Å². The number of hydrogen-bond acceptors (Lipinski definition) is 1. The van der Waals surface area contributed by atoms with Crippen LogP contribution in [-0.4, -0.2) is 5.75 Å². The van der Waals surface area contributed by atoms with Crippen molar-refractivity contribution in [3.63, 3.8) is 0 Å². The average Bonchev–Trinajstić information content (AvgIpc) is 1.76. The van der Waals surface area contributed by atoms with Crippen molar-refractivity contribution in [1.29, 1.82) is 0 Å². The average molecular weight is 85.1 g/mol. The van der Waals surface area contributed by atoms with Gasteiger partial charge in [0.05, 0.1) is 0 Å². The second kappa shape index (κ2) is 1.32. The van der Waals surface area contributed by atoms with Crippen LogP contribution in [0.25, 0.3) is 4.85 Å². The molecule has 1 rings (SSSR count). The molecular weight excluding hydrogens is 82.1 g/mol. The van der Waals surface area contributed by atoms with Crippen molar-refractivity contribution in [1.82, 2.24) is 0 Å². The molecule has 1 radical (unpaired) electrons. The summed E-state index contributed by atoms with van der Waals surface area (Å²) in [7, 11) is 0. The minimum absolute atomic E-state index is 1.01. The van der Waals surface area contributed by atoms with Gasteiger partial charge in [-0.15, -0.1) is 0 Å². The van der Waals surface area contributed by atoms with Gasteiger partial charge in [-0.1, -0.05) is 4.85 Å². The van der Waals surface area contributed by atoms with Gasteiger partial charge in [0, 0.05) is 11.8 Å². The second-order valence-corrected chi connectivity index (χ2v) is 1.52. The summed E-state index contributed by atoms with van der Waals surface area (Å²) in [6, 6.07) is 0. The molecular formula is C3H3NS+. The van der Waals surface area contributed by atoms with Gasteiger partial charge in [-0.3, -0.25) is 0 Å².